The van der Waals surface area contributed by atoms with Crippen molar-refractivity contribution in [2.24, 2.45) is 0 Å². The number of anilines is 1. The lowest BCUT2D eigenvalue weighted by Crippen LogP contribution is -2.51. The van der Waals surface area contributed by atoms with Gasteiger partial charge in [0.15, 0.2) is 6.10 Å². The summed E-state index contributed by atoms with van der Waals surface area (Å²) in [6.07, 6.45) is 5.51. The molecule has 8 heteroatoms. The topological polar surface area (TPSA) is 75.7 Å². The zero-order valence-electron chi connectivity index (χ0n) is 16.4. The average molecular weight is 447 g/mol. The fourth-order valence-corrected chi connectivity index (χ4v) is 5.34. The molecule has 1 atom stereocenters. The maximum Gasteiger partial charge on any atom is 0.264 e. The van der Waals surface area contributed by atoms with E-state index in [1.807, 2.05) is 0 Å². The van der Waals surface area contributed by atoms with Gasteiger partial charge in [0.25, 0.3) is 15.9 Å². The Morgan fingerprint density at radius 2 is 1.97 bits per heavy atom. The van der Waals surface area contributed by atoms with Gasteiger partial charge in [-0.15, -0.1) is 0 Å². The van der Waals surface area contributed by atoms with Gasteiger partial charge in [-0.1, -0.05) is 41.4 Å². The van der Waals surface area contributed by atoms with Crippen molar-refractivity contribution >= 4 is 33.2 Å². The number of sulfonamides is 1. The standard InChI is InChI=1S/C22H23ClN2O4S/c23-17-11-12-20-19(13-17)25(30(27,28)18-9-5-2-6-10-18)15-21(29-20)22(26)24-14-16-7-3-1-4-8-16/h2,5-7,9-13,21H,1,3-4,8,14-15H2,(H,24,26)/t21-/m1/s1. The molecule has 1 aliphatic heterocycles. The van der Waals surface area contributed by atoms with E-state index in [4.69, 9.17) is 16.3 Å². The lowest BCUT2D eigenvalue weighted by atomic mass is 10.00. The molecule has 158 valence electrons. The number of hydrogen-bond donors (Lipinski definition) is 1. The van der Waals surface area contributed by atoms with E-state index in [0.29, 0.717) is 23.0 Å². The highest BCUT2D eigenvalue weighted by molar-refractivity contribution is 7.92. The van der Waals surface area contributed by atoms with Gasteiger partial charge in [-0.2, -0.15) is 0 Å². The highest BCUT2D eigenvalue weighted by atomic mass is 35.5. The third kappa shape index (κ3) is 4.32. The highest BCUT2D eigenvalue weighted by Gasteiger charge is 2.37. The van der Waals surface area contributed by atoms with Crippen molar-refractivity contribution in [3.8, 4) is 5.75 Å². The van der Waals surface area contributed by atoms with Gasteiger partial charge in [-0.05, 0) is 56.0 Å². The number of carbonyl (C=O) groups excluding carboxylic acids is 1. The van der Waals surface area contributed by atoms with E-state index in [1.165, 1.54) is 28.4 Å². The van der Waals surface area contributed by atoms with Gasteiger partial charge in [0.2, 0.25) is 0 Å². The molecule has 4 rings (SSSR count). The van der Waals surface area contributed by atoms with Crippen LogP contribution in [-0.2, 0) is 14.8 Å². The second-order valence-corrected chi connectivity index (χ2v) is 9.69. The van der Waals surface area contributed by atoms with Gasteiger partial charge in [0.1, 0.15) is 5.75 Å². The van der Waals surface area contributed by atoms with Crippen molar-refractivity contribution < 1.29 is 17.9 Å². The van der Waals surface area contributed by atoms with Crippen LogP contribution in [0.4, 0.5) is 5.69 Å². The minimum absolute atomic E-state index is 0.130. The summed E-state index contributed by atoms with van der Waals surface area (Å²) < 4.78 is 33.7. The SMILES string of the molecule is O=C(NCC1=CCCCC1)[C@H]1CN(S(=O)(=O)c2ccccc2)c2cc(Cl)ccc2O1. The van der Waals surface area contributed by atoms with E-state index in [9.17, 15) is 13.2 Å². The second-order valence-electron chi connectivity index (χ2n) is 7.39. The van der Waals surface area contributed by atoms with Crippen LogP contribution in [0.3, 0.4) is 0 Å². The quantitative estimate of drug-likeness (QED) is 0.706. The molecule has 6 nitrogen and oxygen atoms in total. The molecule has 2 aromatic carbocycles. The molecule has 0 fully saturated rings. The van der Waals surface area contributed by atoms with E-state index in [1.54, 1.807) is 36.4 Å². The molecule has 1 aliphatic carbocycles. The Morgan fingerprint density at radius 1 is 1.17 bits per heavy atom. The van der Waals surface area contributed by atoms with Crippen molar-refractivity contribution in [1.82, 2.24) is 5.32 Å². The lowest BCUT2D eigenvalue weighted by molar-refractivity contribution is -0.127. The van der Waals surface area contributed by atoms with Crippen LogP contribution in [0.5, 0.6) is 5.75 Å². The molecule has 0 saturated heterocycles. The van der Waals surface area contributed by atoms with Crippen LogP contribution in [0.25, 0.3) is 0 Å². The number of nitrogens with zero attached hydrogens (tertiary/aromatic N) is 1. The van der Waals surface area contributed by atoms with E-state index in [2.05, 4.69) is 11.4 Å². The molecule has 2 aromatic rings. The Morgan fingerprint density at radius 3 is 2.70 bits per heavy atom. The summed E-state index contributed by atoms with van der Waals surface area (Å²) in [7, 11) is -3.89. The molecule has 0 aromatic heterocycles. The molecule has 1 N–H and O–H groups in total. The summed E-state index contributed by atoms with van der Waals surface area (Å²) in [5.41, 5.74) is 1.52. The summed E-state index contributed by atoms with van der Waals surface area (Å²) in [4.78, 5) is 13.0. The van der Waals surface area contributed by atoms with Gasteiger partial charge in [-0.25, -0.2) is 8.42 Å². The molecule has 0 saturated carbocycles. The molecule has 1 heterocycles. The summed E-state index contributed by atoms with van der Waals surface area (Å²) >= 11 is 6.11. The van der Waals surface area contributed by atoms with E-state index >= 15 is 0 Å². The van der Waals surface area contributed by atoms with Crippen molar-refractivity contribution in [2.45, 2.75) is 36.7 Å². The Labute approximate surface area is 181 Å². The Bertz CT molecular complexity index is 1070. The van der Waals surface area contributed by atoms with Crippen LogP contribution < -0.4 is 14.4 Å². The smallest absolute Gasteiger partial charge is 0.264 e. The van der Waals surface area contributed by atoms with Crippen LogP contribution in [0.15, 0.2) is 65.1 Å². The summed E-state index contributed by atoms with van der Waals surface area (Å²) in [6.45, 7) is 0.326. The first-order chi connectivity index (χ1) is 14.4. The van der Waals surface area contributed by atoms with Gasteiger partial charge in [0.05, 0.1) is 17.1 Å². The third-order valence-electron chi connectivity index (χ3n) is 5.29. The molecule has 0 spiro atoms. The average Bonchev–Trinajstić information content (AvgIpc) is 2.78. The summed E-state index contributed by atoms with van der Waals surface area (Å²) in [6, 6.07) is 12.9. The maximum atomic E-state index is 13.3. The van der Waals surface area contributed by atoms with Gasteiger partial charge in [-0.3, -0.25) is 9.10 Å². The fraction of sp³-hybridized carbons (Fsp3) is 0.318. The largest absolute Gasteiger partial charge is 0.476 e. The van der Waals surface area contributed by atoms with Crippen molar-refractivity contribution in [1.29, 1.82) is 0 Å². The number of ether oxygens (including phenoxy) is 1. The van der Waals surface area contributed by atoms with E-state index < -0.39 is 16.1 Å². The van der Waals surface area contributed by atoms with Crippen molar-refractivity contribution in [2.75, 3.05) is 17.4 Å². The van der Waals surface area contributed by atoms with Crippen molar-refractivity contribution in [3.05, 3.63) is 65.2 Å². The number of benzene rings is 2. The predicted octanol–water partition coefficient (Wildman–Crippen LogP) is 3.91. The van der Waals surface area contributed by atoms with Crippen LogP contribution in [-0.4, -0.2) is 33.5 Å². The second kappa shape index (κ2) is 8.70. The van der Waals surface area contributed by atoms with Crippen LogP contribution in [0.2, 0.25) is 5.02 Å². The zero-order chi connectivity index (χ0) is 21.1. The number of fused-ring (bicyclic) bond motifs is 1. The lowest BCUT2D eigenvalue weighted by Gasteiger charge is -2.35. The Kier molecular flexibility index (Phi) is 6.01. The molecule has 0 bridgehead atoms. The minimum atomic E-state index is -3.89. The van der Waals surface area contributed by atoms with E-state index in [-0.39, 0.29) is 17.3 Å². The maximum absolute atomic E-state index is 13.3. The highest BCUT2D eigenvalue weighted by Crippen LogP contribution is 2.38. The van der Waals surface area contributed by atoms with Crippen LogP contribution in [0.1, 0.15) is 25.7 Å². The van der Waals surface area contributed by atoms with Crippen molar-refractivity contribution in [3.63, 3.8) is 0 Å². The summed E-state index contributed by atoms with van der Waals surface area (Å²) in [5.74, 6) is -0.0301. The number of carbonyl (C=O) groups is 1. The first kappa shape index (κ1) is 20.8. The minimum Gasteiger partial charge on any atom is -0.476 e. The molecular formula is C22H23ClN2O4S. The van der Waals surface area contributed by atoms with Crippen LogP contribution in [0, 0.1) is 0 Å². The molecular weight excluding hydrogens is 424 g/mol. The summed E-state index contributed by atoms with van der Waals surface area (Å²) in [5, 5.41) is 3.28. The number of rotatable bonds is 5. The van der Waals surface area contributed by atoms with Gasteiger partial charge < -0.3 is 10.1 Å². The Balaban J connectivity index is 1.60. The Hall–Kier alpha value is -2.51. The number of hydrogen-bond acceptors (Lipinski definition) is 4. The number of allylic oxidation sites excluding steroid dienone is 1. The zero-order valence-corrected chi connectivity index (χ0v) is 18.0. The third-order valence-corrected chi connectivity index (χ3v) is 7.32. The number of amides is 1. The molecule has 0 unspecified atom stereocenters. The number of halogens is 1. The van der Waals surface area contributed by atoms with E-state index in [0.717, 1.165) is 19.3 Å². The predicted molar refractivity (Wildman–Crippen MR) is 116 cm³/mol. The first-order valence-corrected chi connectivity index (χ1v) is 11.8. The van der Waals surface area contributed by atoms with Gasteiger partial charge in [0, 0.05) is 11.6 Å². The fourth-order valence-electron chi connectivity index (χ4n) is 3.69. The first-order valence-electron chi connectivity index (χ1n) is 9.95. The monoisotopic (exact) mass is 446 g/mol. The van der Waals surface area contributed by atoms with Gasteiger partial charge >= 0.3 is 0 Å². The molecule has 30 heavy (non-hydrogen) atoms. The molecule has 2 aliphatic rings. The normalized spacial score (nSPS) is 18.8. The molecule has 1 amide bonds. The van der Waals surface area contributed by atoms with Crippen LogP contribution >= 0.6 is 11.6 Å². The number of nitrogens with one attached hydrogen (secondary N) is 1. The molecule has 0 radical (unpaired) electrons.